The highest BCUT2D eigenvalue weighted by Crippen LogP contribution is 2.23. The first-order valence-electron chi connectivity index (χ1n) is 10.4. The normalized spacial score (nSPS) is 17.3. The fourth-order valence-corrected chi connectivity index (χ4v) is 3.74. The second-order valence-electron chi connectivity index (χ2n) is 7.51. The lowest BCUT2D eigenvalue weighted by Gasteiger charge is -2.26. The van der Waals surface area contributed by atoms with E-state index in [1.807, 2.05) is 6.07 Å². The maximum absolute atomic E-state index is 12.3. The predicted molar refractivity (Wildman–Crippen MR) is 115 cm³/mol. The largest absolute Gasteiger partial charge is 0.379 e. The zero-order chi connectivity index (χ0) is 19.9. The van der Waals surface area contributed by atoms with Crippen molar-refractivity contribution in [3.05, 3.63) is 48.2 Å². The summed E-state index contributed by atoms with van der Waals surface area (Å²) in [6.07, 6.45) is 4.17. The molecule has 1 aromatic carbocycles. The number of amides is 1. The molecule has 2 aromatic rings. The molecular formula is C22H29N5O2. The van der Waals surface area contributed by atoms with E-state index >= 15 is 0 Å². The number of benzene rings is 1. The van der Waals surface area contributed by atoms with E-state index in [0.29, 0.717) is 12.1 Å². The molecule has 3 heterocycles. The number of anilines is 3. The number of ether oxygens (including phenoxy) is 1. The summed E-state index contributed by atoms with van der Waals surface area (Å²) < 4.78 is 5.33. The molecule has 2 aliphatic rings. The molecule has 1 aromatic heterocycles. The van der Waals surface area contributed by atoms with Gasteiger partial charge in [-0.2, -0.15) is 0 Å². The van der Waals surface area contributed by atoms with E-state index in [1.165, 1.54) is 18.5 Å². The third-order valence-electron chi connectivity index (χ3n) is 5.45. The standard InChI is InChI=1S/C22H29N5O2/c28-22(23-9-12-26-13-15-29-16-14-26)18-3-8-21(24-17-18)25-19-4-6-20(7-5-19)27-10-1-2-11-27/h3-8,17H,1-2,9-16H2,(H,23,28)(H,24,25). The van der Waals surface area contributed by atoms with Gasteiger partial charge in [-0.15, -0.1) is 0 Å². The molecule has 4 rings (SSSR count). The van der Waals surface area contributed by atoms with E-state index < -0.39 is 0 Å². The van der Waals surface area contributed by atoms with Crippen LogP contribution in [0.4, 0.5) is 17.2 Å². The van der Waals surface area contributed by atoms with Crippen LogP contribution in [0.25, 0.3) is 0 Å². The van der Waals surface area contributed by atoms with E-state index in [0.717, 1.165) is 57.4 Å². The molecule has 0 bridgehead atoms. The van der Waals surface area contributed by atoms with E-state index in [4.69, 9.17) is 4.74 Å². The molecule has 0 atom stereocenters. The van der Waals surface area contributed by atoms with Crippen molar-refractivity contribution in [1.29, 1.82) is 0 Å². The molecule has 2 fully saturated rings. The monoisotopic (exact) mass is 395 g/mol. The Labute approximate surface area is 172 Å². The molecule has 0 saturated carbocycles. The van der Waals surface area contributed by atoms with Crippen LogP contribution in [-0.2, 0) is 4.74 Å². The minimum atomic E-state index is -0.0905. The van der Waals surface area contributed by atoms with Crippen LogP contribution in [0.5, 0.6) is 0 Å². The number of carbonyl (C=O) groups excluding carboxylic acids is 1. The summed E-state index contributed by atoms with van der Waals surface area (Å²) in [6, 6.07) is 12.1. The van der Waals surface area contributed by atoms with Crippen LogP contribution in [0.2, 0.25) is 0 Å². The first kappa shape index (κ1) is 19.7. The van der Waals surface area contributed by atoms with Crippen molar-refractivity contribution >= 4 is 23.1 Å². The van der Waals surface area contributed by atoms with Gasteiger partial charge in [0.05, 0.1) is 18.8 Å². The highest BCUT2D eigenvalue weighted by atomic mass is 16.5. The number of hydrogen-bond donors (Lipinski definition) is 2. The minimum absolute atomic E-state index is 0.0905. The van der Waals surface area contributed by atoms with Crippen molar-refractivity contribution in [2.24, 2.45) is 0 Å². The zero-order valence-electron chi connectivity index (χ0n) is 16.8. The Hall–Kier alpha value is -2.64. The van der Waals surface area contributed by atoms with Gasteiger partial charge in [0.25, 0.3) is 5.91 Å². The van der Waals surface area contributed by atoms with Gasteiger partial charge in [0.1, 0.15) is 5.82 Å². The predicted octanol–water partition coefficient (Wildman–Crippen LogP) is 2.49. The molecule has 7 nitrogen and oxygen atoms in total. The number of pyridine rings is 1. The fourth-order valence-electron chi connectivity index (χ4n) is 3.74. The van der Waals surface area contributed by atoms with Gasteiger partial charge in [-0.1, -0.05) is 0 Å². The molecule has 154 valence electrons. The van der Waals surface area contributed by atoms with Crippen LogP contribution in [-0.4, -0.2) is 68.3 Å². The van der Waals surface area contributed by atoms with E-state index in [-0.39, 0.29) is 5.91 Å². The Balaban J connectivity index is 1.25. The first-order valence-corrected chi connectivity index (χ1v) is 10.4. The lowest BCUT2D eigenvalue weighted by Crippen LogP contribution is -2.41. The fraction of sp³-hybridized carbons (Fsp3) is 0.455. The summed E-state index contributed by atoms with van der Waals surface area (Å²) in [5, 5.41) is 6.26. The summed E-state index contributed by atoms with van der Waals surface area (Å²) in [4.78, 5) is 21.4. The number of hydrogen-bond acceptors (Lipinski definition) is 6. The minimum Gasteiger partial charge on any atom is -0.379 e. The van der Waals surface area contributed by atoms with Crippen molar-refractivity contribution in [2.45, 2.75) is 12.8 Å². The summed E-state index contributed by atoms with van der Waals surface area (Å²) >= 11 is 0. The Morgan fingerprint density at radius 1 is 1.00 bits per heavy atom. The maximum atomic E-state index is 12.3. The molecule has 2 N–H and O–H groups in total. The molecule has 0 spiro atoms. The third-order valence-corrected chi connectivity index (χ3v) is 5.45. The number of nitrogens with zero attached hydrogens (tertiary/aromatic N) is 3. The molecule has 1 amide bonds. The number of morpholine rings is 1. The molecule has 0 unspecified atom stereocenters. The van der Waals surface area contributed by atoms with E-state index in [9.17, 15) is 4.79 Å². The molecule has 0 radical (unpaired) electrons. The van der Waals surface area contributed by atoms with Crippen LogP contribution in [0.3, 0.4) is 0 Å². The third kappa shape index (κ3) is 5.46. The summed E-state index contributed by atoms with van der Waals surface area (Å²) in [7, 11) is 0. The van der Waals surface area contributed by atoms with Crippen LogP contribution in [0.15, 0.2) is 42.6 Å². The van der Waals surface area contributed by atoms with Crippen molar-refractivity contribution in [2.75, 3.05) is 62.7 Å². The zero-order valence-corrected chi connectivity index (χ0v) is 16.8. The van der Waals surface area contributed by atoms with Gasteiger partial charge in [-0.05, 0) is 49.2 Å². The molecule has 7 heteroatoms. The Bertz CT molecular complexity index is 782. The molecule has 2 saturated heterocycles. The molecular weight excluding hydrogens is 366 g/mol. The van der Waals surface area contributed by atoms with Crippen LogP contribution in [0, 0.1) is 0 Å². The SMILES string of the molecule is O=C(NCCN1CCOCC1)c1ccc(Nc2ccc(N3CCCC3)cc2)nc1. The van der Waals surface area contributed by atoms with Crippen LogP contribution in [0.1, 0.15) is 23.2 Å². The van der Waals surface area contributed by atoms with Gasteiger partial charge >= 0.3 is 0 Å². The van der Waals surface area contributed by atoms with Crippen molar-refractivity contribution in [3.63, 3.8) is 0 Å². The van der Waals surface area contributed by atoms with Crippen molar-refractivity contribution in [1.82, 2.24) is 15.2 Å². The molecule has 0 aliphatic carbocycles. The van der Waals surface area contributed by atoms with Gasteiger partial charge in [0.2, 0.25) is 0 Å². The summed E-state index contributed by atoms with van der Waals surface area (Å²) in [5.74, 6) is 0.635. The number of carbonyl (C=O) groups is 1. The Kier molecular flexibility index (Phi) is 6.59. The Morgan fingerprint density at radius 3 is 2.45 bits per heavy atom. The molecule has 2 aliphatic heterocycles. The van der Waals surface area contributed by atoms with E-state index in [1.54, 1.807) is 12.3 Å². The smallest absolute Gasteiger partial charge is 0.252 e. The number of nitrogens with one attached hydrogen (secondary N) is 2. The first-order chi connectivity index (χ1) is 14.3. The summed E-state index contributed by atoms with van der Waals surface area (Å²) in [6.45, 7) is 7.15. The average molecular weight is 396 g/mol. The maximum Gasteiger partial charge on any atom is 0.252 e. The number of aromatic nitrogens is 1. The van der Waals surface area contributed by atoms with E-state index in [2.05, 4.69) is 49.7 Å². The van der Waals surface area contributed by atoms with Crippen LogP contribution >= 0.6 is 0 Å². The molecule has 29 heavy (non-hydrogen) atoms. The lowest BCUT2D eigenvalue weighted by molar-refractivity contribution is 0.0383. The highest BCUT2D eigenvalue weighted by Gasteiger charge is 2.13. The van der Waals surface area contributed by atoms with Gasteiger partial charge in [0, 0.05) is 56.8 Å². The second kappa shape index (κ2) is 9.71. The van der Waals surface area contributed by atoms with Gasteiger partial charge < -0.3 is 20.3 Å². The number of rotatable bonds is 7. The quantitative estimate of drug-likeness (QED) is 0.751. The average Bonchev–Trinajstić information content (AvgIpc) is 3.30. The second-order valence-corrected chi connectivity index (χ2v) is 7.51. The summed E-state index contributed by atoms with van der Waals surface area (Å²) in [5.41, 5.74) is 2.83. The lowest BCUT2D eigenvalue weighted by atomic mass is 10.2. The highest BCUT2D eigenvalue weighted by molar-refractivity contribution is 5.94. The van der Waals surface area contributed by atoms with Gasteiger partial charge in [0.15, 0.2) is 0 Å². The van der Waals surface area contributed by atoms with Gasteiger partial charge in [-0.25, -0.2) is 4.98 Å². The van der Waals surface area contributed by atoms with Crippen molar-refractivity contribution < 1.29 is 9.53 Å². The topological polar surface area (TPSA) is 69.7 Å². The Morgan fingerprint density at radius 2 is 1.76 bits per heavy atom. The van der Waals surface area contributed by atoms with Crippen molar-refractivity contribution in [3.8, 4) is 0 Å². The van der Waals surface area contributed by atoms with Gasteiger partial charge in [-0.3, -0.25) is 9.69 Å². The van der Waals surface area contributed by atoms with Crippen LogP contribution < -0.4 is 15.5 Å².